The van der Waals surface area contributed by atoms with Crippen LogP contribution >= 0.6 is 11.3 Å². The molecule has 2 aromatic heterocycles. The van der Waals surface area contributed by atoms with Crippen molar-refractivity contribution in [2.75, 3.05) is 0 Å². The van der Waals surface area contributed by atoms with Crippen LogP contribution in [0.5, 0.6) is 0 Å². The number of carboxylic acid groups (broad SMARTS) is 1. The van der Waals surface area contributed by atoms with E-state index >= 15 is 0 Å². The Kier molecular flexibility index (Phi) is 3.42. The highest BCUT2D eigenvalue weighted by Gasteiger charge is 2.15. The molecule has 18 heavy (non-hydrogen) atoms. The third-order valence-corrected chi connectivity index (χ3v) is 3.48. The maximum absolute atomic E-state index is 11.9. The van der Waals surface area contributed by atoms with Crippen LogP contribution in [0.1, 0.15) is 37.9 Å². The molecule has 7 heteroatoms. The van der Waals surface area contributed by atoms with Gasteiger partial charge in [0.1, 0.15) is 4.88 Å². The van der Waals surface area contributed by atoms with Gasteiger partial charge < -0.3 is 10.4 Å². The third kappa shape index (κ3) is 2.57. The summed E-state index contributed by atoms with van der Waals surface area (Å²) in [5.74, 6) is -1.32. The van der Waals surface area contributed by atoms with Gasteiger partial charge in [0.2, 0.25) is 0 Å². The molecule has 2 rings (SSSR count). The smallest absolute Gasteiger partial charge is 0.345 e. The Morgan fingerprint density at radius 2 is 2.17 bits per heavy atom. The number of aromatic amines is 1. The van der Waals surface area contributed by atoms with E-state index < -0.39 is 5.97 Å². The van der Waals surface area contributed by atoms with Gasteiger partial charge in [0.25, 0.3) is 5.91 Å². The number of nitrogens with zero attached hydrogens (tertiary/aromatic N) is 1. The Balaban J connectivity index is 2.05. The van der Waals surface area contributed by atoms with Crippen molar-refractivity contribution in [1.82, 2.24) is 15.5 Å². The predicted molar refractivity (Wildman–Crippen MR) is 65.7 cm³/mol. The summed E-state index contributed by atoms with van der Waals surface area (Å²) in [7, 11) is 0. The maximum atomic E-state index is 11.9. The van der Waals surface area contributed by atoms with Crippen LogP contribution in [0.25, 0.3) is 0 Å². The second kappa shape index (κ2) is 5.01. The zero-order valence-electron chi connectivity index (χ0n) is 9.51. The molecule has 0 spiro atoms. The molecular formula is C11H11N3O3S. The lowest BCUT2D eigenvalue weighted by molar-refractivity contribution is 0.0702. The summed E-state index contributed by atoms with van der Waals surface area (Å²) in [5.41, 5.74) is 0.860. The molecular weight excluding hydrogens is 254 g/mol. The number of nitrogens with one attached hydrogen (secondary N) is 2. The van der Waals surface area contributed by atoms with E-state index in [1.807, 2.05) is 6.92 Å². The van der Waals surface area contributed by atoms with Gasteiger partial charge in [-0.25, -0.2) is 4.79 Å². The molecule has 0 aliphatic carbocycles. The molecule has 0 saturated carbocycles. The first-order chi connectivity index (χ1) is 8.58. The summed E-state index contributed by atoms with van der Waals surface area (Å²) in [6.45, 7) is 1.83. The largest absolute Gasteiger partial charge is 0.477 e. The van der Waals surface area contributed by atoms with Gasteiger partial charge in [-0.2, -0.15) is 5.10 Å². The van der Waals surface area contributed by atoms with Crippen molar-refractivity contribution >= 4 is 23.2 Å². The third-order valence-electron chi connectivity index (χ3n) is 2.41. The van der Waals surface area contributed by atoms with Crippen LogP contribution in [0.3, 0.4) is 0 Å². The van der Waals surface area contributed by atoms with Crippen molar-refractivity contribution in [3.63, 3.8) is 0 Å². The summed E-state index contributed by atoms with van der Waals surface area (Å²) >= 11 is 0.953. The van der Waals surface area contributed by atoms with Crippen LogP contribution in [-0.2, 0) is 0 Å². The van der Waals surface area contributed by atoms with E-state index in [0.717, 1.165) is 16.9 Å². The molecule has 0 bridgehead atoms. The summed E-state index contributed by atoms with van der Waals surface area (Å²) in [6, 6.07) is 2.74. The Morgan fingerprint density at radius 3 is 2.72 bits per heavy atom. The molecule has 94 valence electrons. The minimum Gasteiger partial charge on any atom is -0.477 e. The van der Waals surface area contributed by atoms with Crippen molar-refractivity contribution in [2.24, 2.45) is 0 Å². The Bertz CT molecular complexity index is 562. The van der Waals surface area contributed by atoms with E-state index in [2.05, 4.69) is 15.5 Å². The molecule has 1 atom stereocenters. The number of amides is 1. The van der Waals surface area contributed by atoms with E-state index in [-0.39, 0.29) is 16.8 Å². The average Bonchev–Trinajstić information content (AvgIpc) is 3.00. The number of carbonyl (C=O) groups is 2. The lowest BCUT2D eigenvalue weighted by Gasteiger charge is -2.10. The number of rotatable bonds is 4. The van der Waals surface area contributed by atoms with Crippen molar-refractivity contribution in [3.8, 4) is 0 Å². The SMILES string of the molecule is CC(NC(=O)c1ccc(C(=O)O)s1)c1cn[nH]c1. The molecule has 0 radical (unpaired) electrons. The molecule has 0 aliphatic heterocycles. The first-order valence-electron chi connectivity index (χ1n) is 5.20. The minimum absolute atomic E-state index is 0.149. The summed E-state index contributed by atoms with van der Waals surface area (Å²) in [5, 5.41) is 18.0. The molecule has 0 fully saturated rings. The zero-order chi connectivity index (χ0) is 13.1. The Morgan fingerprint density at radius 1 is 1.44 bits per heavy atom. The fourth-order valence-corrected chi connectivity index (χ4v) is 2.17. The molecule has 1 unspecified atom stereocenters. The highest BCUT2D eigenvalue weighted by Crippen LogP contribution is 2.18. The number of carbonyl (C=O) groups excluding carboxylic acids is 1. The van der Waals surface area contributed by atoms with Crippen LogP contribution in [0.15, 0.2) is 24.5 Å². The first-order valence-corrected chi connectivity index (χ1v) is 6.02. The van der Waals surface area contributed by atoms with Gasteiger partial charge in [-0.05, 0) is 19.1 Å². The molecule has 1 amide bonds. The van der Waals surface area contributed by atoms with Crippen LogP contribution in [0, 0.1) is 0 Å². The van der Waals surface area contributed by atoms with Crippen molar-refractivity contribution in [2.45, 2.75) is 13.0 Å². The number of hydrogen-bond donors (Lipinski definition) is 3. The molecule has 0 aliphatic rings. The zero-order valence-corrected chi connectivity index (χ0v) is 10.3. The topological polar surface area (TPSA) is 95.1 Å². The van der Waals surface area contributed by atoms with Gasteiger partial charge in [-0.15, -0.1) is 11.3 Å². The highest BCUT2D eigenvalue weighted by molar-refractivity contribution is 7.15. The lowest BCUT2D eigenvalue weighted by atomic mass is 10.2. The van der Waals surface area contributed by atoms with Gasteiger partial charge in [-0.3, -0.25) is 9.89 Å². The quantitative estimate of drug-likeness (QED) is 0.783. The summed E-state index contributed by atoms with van der Waals surface area (Å²) in [4.78, 5) is 23.1. The molecule has 6 nitrogen and oxygen atoms in total. The fraction of sp³-hybridized carbons (Fsp3) is 0.182. The first kappa shape index (κ1) is 12.3. The van der Waals surface area contributed by atoms with Gasteiger partial charge in [0.15, 0.2) is 0 Å². The number of aromatic carboxylic acids is 1. The van der Waals surface area contributed by atoms with E-state index in [9.17, 15) is 9.59 Å². The van der Waals surface area contributed by atoms with Gasteiger partial charge in [0, 0.05) is 11.8 Å². The van der Waals surface area contributed by atoms with Crippen LogP contribution < -0.4 is 5.32 Å². The number of hydrogen-bond acceptors (Lipinski definition) is 4. The molecule has 0 aromatic carbocycles. The molecule has 2 aromatic rings. The Hall–Kier alpha value is -2.15. The van der Waals surface area contributed by atoms with Crippen molar-refractivity contribution in [1.29, 1.82) is 0 Å². The predicted octanol–water partition coefficient (Wildman–Crippen LogP) is 1.66. The highest BCUT2D eigenvalue weighted by atomic mass is 32.1. The van der Waals surface area contributed by atoms with Crippen molar-refractivity contribution in [3.05, 3.63) is 39.8 Å². The van der Waals surface area contributed by atoms with Crippen molar-refractivity contribution < 1.29 is 14.7 Å². The van der Waals surface area contributed by atoms with E-state index in [4.69, 9.17) is 5.11 Å². The summed E-state index contributed by atoms with van der Waals surface area (Å²) < 4.78 is 0. The minimum atomic E-state index is -1.03. The number of H-pyrrole nitrogens is 1. The van der Waals surface area contributed by atoms with Gasteiger partial charge in [-0.1, -0.05) is 0 Å². The second-order valence-corrected chi connectivity index (χ2v) is 4.78. The number of aromatic nitrogens is 2. The van der Waals surface area contributed by atoms with Crippen LogP contribution in [0.4, 0.5) is 0 Å². The molecule has 0 saturated heterocycles. The average molecular weight is 265 g/mol. The van der Waals surface area contributed by atoms with E-state index in [0.29, 0.717) is 4.88 Å². The van der Waals surface area contributed by atoms with Gasteiger partial charge in [0.05, 0.1) is 17.1 Å². The Labute approximate surface area is 107 Å². The molecule has 3 N–H and O–H groups in total. The monoisotopic (exact) mass is 265 g/mol. The number of thiophene rings is 1. The maximum Gasteiger partial charge on any atom is 0.345 e. The van der Waals surface area contributed by atoms with E-state index in [1.165, 1.54) is 12.1 Å². The van der Waals surface area contributed by atoms with E-state index in [1.54, 1.807) is 12.4 Å². The van der Waals surface area contributed by atoms with Gasteiger partial charge >= 0.3 is 5.97 Å². The van der Waals surface area contributed by atoms with Crippen LogP contribution in [-0.4, -0.2) is 27.2 Å². The normalized spacial score (nSPS) is 12.1. The molecule has 2 heterocycles. The lowest BCUT2D eigenvalue weighted by Crippen LogP contribution is -2.25. The standard InChI is InChI=1S/C11H11N3O3S/c1-6(7-4-12-13-5-7)14-10(15)8-2-3-9(18-8)11(16)17/h2-6H,1H3,(H,12,13)(H,14,15)(H,16,17). The number of carboxylic acids is 1. The second-order valence-electron chi connectivity index (χ2n) is 3.70. The van der Waals surface area contributed by atoms with Crippen LogP contribution in [0.2, 0.25) is 0 Å². The fourth-order valence-electron chi connectivity index (χ4n) is 1.42. The summed E-state index contributed by atoms with van der Waals surface area (Å²) in [6.07, 6.45) is 3.32.